The smallest absolute Gasteiger partial charge is 0.238 e. The summed E-state index contributed by atoms with van der Waals surface area (Å²) in [6, 6.07) is 14.8. The number of pyridine rings is 1. The maximum Gasteiger partial charge on any atom is 0.238 e. The van der Waals surface area contributed by atoms with Gasteiger partial charge in [-0.05, 0) is 36.4 Å². The van der Waals surface area contributed by atoms with Crippen LogP contribution < -0.4 is 15.5 Å². The summed E-state index contributed by atoms with van der Waals surface area (Å²) < 4.78 is 5.12. The molecule has 0 saturated carbocycles. The number of hydrogen-bond acceptors (Lipinski definition) is 4. The van der Waals surface area contributed by atoms with Gasteiger partial charge in [-0.1, -0.05) is 12.1 Å². The number of H-pyrrole nitrogens is 1. The number of nitrogens with zero attached hydrogens (tertiary/aromatic N) is 1. The van der Waals surface area contributed by atoms with Crippen LogP contribution >= 0.6 is 0 Å². The van der Waals surface area contributed by atoms with Gasteiger partial charge >= 0.3 is 0 Å². The van der Waals surface area contributed by atoms with Crippen LogP contribution in [-0.4, -0.2) is 36.0 Å². The number of carbonyl (C=O) groups is 1. The van der Waals surface area contributed by atoms with Crippen molar-refractivity contribution in [3.8, 4) is 5.75 Å². The molecule has 2 heterocycles. The average molecular weight is 363 g/mol. The molecule has 6 nitrogen and oxygen atoms in total. The first-order chi connectivity index (χ1) is 13.1. The van der Waals surface area contributed by atoms with E-state index in [-0.39, 0.29) is 17.9 Å². The fourth-order valence-corrected chi connectivity index (χ4v) is 3.49. The van der Waals surface area contributed by atoms with Crippen molar-refractivity contribution in [2.75, 3.05) is 25.5 Å². The summed E-state index contributed by atoms with van der Waals surface area (Å²) >= 11 is 0. The normalized spacial score (nSPS) is 14.0. The van der Waals surface area contributed by atoms with Gasteiger partial charge in [0.05, 0.1) is 13.7 Å². The molecule has 4 rings (SSSR count). The fraction of sp³-hybridized carbons (Fsp3) is 0.238. The number of benzene rings is 2. The minimum Gasteiger partial charge on any atom is -0.497 e. The van der Waals surface area contributed by atoms with E-state index in [1.807, 2.05) is 29.2 Å². The van der Waals surface area contributed by atoms with E-state index in [1.54, 1.807) is 31.4 Å². The highest BCUT2D eigenvalue weighted by atomic mass is 16.5. The minimum atomic E-state index is -0.0964. The van der Waals surface area contributed by atoms with E-state index in [0.29, 0.717) is 11.9 Å². The summed E-state index contributed by atoms with van der Waals surface area (Å²) in [7, 11) is 1.60. The van der Waals surface area contributed by atoms with E-state index in [9.17, 15) is 9.59 Å². The van der Waals surface area contributed by atoms with Gasteiger partial charge < -0.3 is 15.0 Å². The number of ether oxygens (including phenoxy) is 1. The maximum absolute atomic E-state index is 12.8. The van der Waals surface area contributed by atoms with Gasteiger partial charge in [0.1, 0.15) is 5.75 Å². The number of aromatic amines is 1. The lowest BCUT2D eigenvalue weighted by molar-refractivity contribution is -0.117. The Balaban J connectivity index is 1.47. The Bertz CT molecular complexity index is 1040. The predicted molar refractivity (Wildman–Crippen MR) is 105 cm³/mol. The number of anilines is 1. The van der Waals surface area contributed by atoms with Gasteiger partial charge in [0.15, 0.2) is 5.43 Å². The fourth-order valence-electron chi connectivity index (χ4n) is 3.49. The molecule has 1 amide bonds. The molecule has 1 aromatic heterocycles. The first kappa shape index (κ1) is 17.3. The molecule has 138 valence electrons. The number of carbonyl (C=O) groups excluding carboxylic acids is 1. The highest BCUT2D eigenvalue weighted by molar-refractivity contribution is 5.92. The largest absolute Gasteiger partial charge is 0.497 e. The van der Waals surface area contributed by atoms with Crippen LogP contribution in [-0.2, 0) is 17.8 Å². The SMILES string of the molecule is COc1ccc(NC(=O)CN2CCc3[nH]c4ccccc4c(=O)c3C2)cc1. The predicted octanol–water partition coefficient (Wildman–Crippen LogP) is 2.53. The molecular formula is C21H21N3O3. The zero-order valence-corrected chi connectivity index (χ0v) is 15.1. The topological polar surface area (TPSA) is 74.4 Å². The summed E-state index contributed by atoms with van der Waals surface area (Å²) in [5, 5.41) is 3.58. The van der Waals surface area contributed by atoms with E-state index in [0.717, 1.165) is 41.2 Å². The number of para-hydroxylation sites is 1. The molecule has 2 aromatic carbocycles. The Kier molecular flexibility index (Phi) is 4.64. The number of fused-ring (bicyclic) bond motifs is 2. The Labute approximate surface area is 156 Å². The first-order valence-corrected chi connectivity index (χ1v) is 8.93. The van der Waals surface area contributed by atoms with Crippen molar-refractivity contribution in [1.29, 1.82) is 0 Å². The summed E-state index contributed by atoms with van der Waals surface area (Å²) in [4.78, 5) is 30.5. The second-order valence-corrected chi connectivity index (χ2v) is 6.69. The number of hydrogen-bond donors (Lipinski definition) is 2. The van der Waals surface area contributed by atoms with Gasteiger partial charge in [0.2, 0.25) is 5.91 Å². The van der Waals surface area contributed by atoms with Gasteiger partial charge in [-0.2, -0.15) is 0 Å². The number of amides is 1. The summed E-state index contributed by atoms with van der Waals surface area (Å²) in [5.41, 5.74) is 3.39. The zero-order valence-electron chi connectivity index (χ0n) is 15.1. The molecular weight excluding hydrogens is 342 g/mol. The lowest BCUT2D eigenvalue weighted by Gasteiger charge is -2.27. The third-order valence-electron chi connectivity index (χ3n) is 4.90. The molecule has 0 atom stereocenters. The van der Waals surface area contributed by atoms with Gasteiger partial charge in [-0.3, -0.25) is 14.5 Å². The second kappa shape index (κ2) is 7.25. The molecule has 0 fully saturated rings. The van der Waals surface area contributed by atoms with Gasteiger partial charge in [0.25, 0.3) is 0 Å². The van der Waals surface area contributed by atoms with Crippen LogP contribution in [0.15, 0.2) is 53.3 Å². The average Bonchev–Trinajstić information content (AvgIpc) is 2.69. The molecule has 3 aromatic rings. The molecule has 6 heteroatoms. The molecule has 1 aliphatic rings. The van der Waals surface area contributed by atoms with Crippen LogP contribution in [0.25, 0.3) is 10.9 Å². The van der Waals surface area contributed by atoms with Crippen molar-refractivity contribution < 1.29 is 9.53 Å². The molecule has 27 heavy (non-hydrogen) atoms. The summed E-state index contributed by atoms with van der Waals surface area (Å²) in [6.45, 7) is 1.46. The third kappa shape index (κ3) is 3.57. The van der Waals surface area contributed by atoms with Crippen molar-refractivity contribution in [2.24, 2.45) is 0 Å². The number of rotatable bonds is 4. The van der Waals surface area contributed by atoms with Gasteiger partial charge in [-0.25, -0.2) is 0 Å². The van der Waals surface area contributed by atoms with Crippen LogP contribution in [0.1, 0.15) is 11.3 Å². The lowest BCUT2D eigenvalue weighted by atomic mass is 10.0. The standard InChI is InChI=1S/C21H21N3O3/c1-27-15-8-6-14(7-9-15)22-20(25)13-24-11-10-19-17(12-24)21(26)16-4-2-3-5-18(16)23-19/h2-9H,10-13H2,1H3,(H,22,25)(H,23,26). The Morgan fingerprint density at radius 1 is 1.19 bits per heavy atom. The summed E-state index contributed by atoms with van der Waals surface area (Å²) in [6.07, 6.45) is 0.727. The number of nitrogens with one attached hydrogen (secondary N) is 2. The molecule has 2 N–H and O–H groups in total. The highest BCUT2D eigenvalue weighted by Crippen LogP contribution is 2.19. The van der Waals surface area contributed by atoms with Crippen molar-refractivity contribution in [3.63, 3.8) is 0 Å². The molecule has 0 bridgehead atoms. The zero-order chi connectivity index (χ0) is 18.8. The third-order valence-corrected chi connectivity index (χ3v) is 4.90. The van der Waals surface area contributed by atoms with Crippen LogP contribution in [0.2, 0.25) is 0 Å². The maximum atomic E-state index is 12.8. The summed E-state index contributed by atoms with van der Waals surface area (Å²) in [5.74, 6) is 0.646. The van der Waals surface area contributed by atoms with Crippen molar-refractivity contribution in [3.05, 3.63) is 70.0 Å². The Morgan fingerprint density at radius 2 is 1.96 bits per heavy atom. The molecule has 0 aliphatic carbocycles. The monoisotopic (exact) mass is 363 g/mol. The van der Waals surface area contributed by atoms with E-state index in [1.165, 1.54) is 0 Å². The first-order valence-electron chi connectivity index (χ1n) is 8.93. The molecule has 1 aliphatic heterocycles. The van der Waals surface area contributed by atoms with E-state index < -0.39 is 0 Å². The van der Waals surface area contributed by atoms with Crippen molar-refractivity contribution in [1.82, 2.24) is 9.88 Å². The van der Waals surface area contributed by atoms with Crippen molar-refractivity contribution >= 4 is 22.5 Å². The number of methoxy groups -OCH3 is 1. The van der Waals surface area contributed by atoms with Crippen LogP contribution in [0.3, 0.4) is 0 Å². The molecule has 0 spiro atoms. The van der Waals surface area contributed by atoms with E-state index >= 15 is 0 Å². The van der Waals surface area contributed by atoms with Crippen LogP contribution in [0.4, 0.5) is 5.69 Å². The van der Waals surface area contributed by atoms with E-state index in [2.05, 4.69) is 10.3 Å². The quantitative estimate of drug-likeness (QED) is 0.747. The van der Waals surface area contributed by atoms with Crippen molar-refractivity contribution in [2.45, 2.75) is 13.0 Å². The van der Waals surface area contributed by atoms with Crippen LogP contribution in [0.5, 0.6) is 5.75 Å². The highest BCUT2D eigenvalue weighted by Gasteiger charge is 2.22. The van der Waals surface area contributed by atoms with Gasteiger partial charge in [0, 0.05) is 47.4 Å². The number of aromatic nitrogens is 1. The van der Waals surface area contributed by atoms with Crippen LogP contribution in [0, 0.1) is 0 Å². The lowest BCUT2D eigenvalue weighted by Crippen LogP contribution is -2.39. The second-order valence-electron chi connectivity index (χ2n) is 6.69. The Hall–Kier alpha value is -3.12. The molecule has 0 saturated heterocycles. The Morgan fingerprint density at radius 3 is 2.74 bits per heavy atom. The van der Waals surface area contributed by atoms with E-state index in [4.69, 9.17) is 4.74 Å². The van der Waals surface area contributed by atoms with Gasteiger partial charge in [-0.15, -0.1) is 0 Å². The minimum absolute atomic E-state index is 0.0552. The molecule has 0 radical (unpaired) electrons. The molecule has 0 unspecified atom stereocenters.